The number of ether oxygens (including phenoxy) is 3. The summed E-state index contributed by atoms with van der Waals surface area (Å²) in [6, 6.07) is 11.4. The van der Waals surface area contributed by atoms with Crippen molar-refractivity contribution in [2.24, 2.45) is 0 Å². The number of hydrogen-bond acceptors (Lipinski definition) is 4. The van der Waals surface area contributed by atoms with Gasteiger partial charge in [-0.25, -0.2) is 0 Å². The van der Waals surface area contributed by atoms with E-state index in [1.165, 1.54) is 17.5 Å². The van der Waals surface area contributed by atoms with Gasteiger partial charge in [0.1, 0.15) is 5.75 Å². The summed E-state index contributed by atoms with van der Waals surface area (Å²) in [4.78, 5) is 12.3. The Labute approximate surface area is 140 Å². The minimum atomic E-state index is -0.588. The van der Waals surface area contributed by atoms with Gasteiger partial charge in [0.15, 0.2) is 17.6 Å². The maximum Gasteiger partial charge on any atom is 0.265 e. The molecule has 1 atom stereocenters. The van der Waals surface area contributed by atoms with Gasteiger partial charge in [0, 0.05) is 11.8 Å². The number of benzene rings is 2. The predicted octanol–water partition coefficient (Wildman–Crippen LogP) is 3.31. The number of rotatable bonds is 4. The molecule has 124 valence electrons. The van der Waals surface area contributed by atoms with Gasteiger partial charge in [-0.1, -0.05) is 6.07 Å². The Morgan fingerprint density at radius 1 is 1.08 bits per heavy atom. The van der Waals surface area contributed by atoms with E-state index in [1.807, 2.05) is 12.1 Å². The second-order valence-corrected chi connectivity index (χ2v) is 6.10. The van der Waals surface area contributed by atoms with Crippen LogP contribution >= 0.6 is 0 Å². The SMILES string of the molecule is CC(Oc1ccc2c(c1)CCC2)C(=O)Nc1ccc2c(c1)OCO2. The summed E-state index contributed by atoms with van der Waals surface area (Å²) in [7, 11) is 0. The summed E-state index contributed by atoms with van der Waals surface area (Å²) >= 11 is 0. The summed E-state index contributed by atoms with van der Waals surface area (Å²) < 4.78 is 16.4. The molecule has 1 aliphatic heterocycles. The lowest BCUT2D eigenvalue weighted by molar-refractivity contribution is -0.122. The Balaban J connectivity index is 1.41. The second kappa shape index (κ2) is 6.07. The van der Waals surface area contributed by atoms with E-state index in [2.05, 4.69) is 11.4 Å². The quantitative estimate of drug-likeness (QED) is 0.937. The van der Waals surface area contributed by atoms with Crippen LogP contribution in [0.25, 0.3) is 0 Å². The molecule has 2 aromatic carbocycles. The van der Waals surface area contributed by atoms with E-state index in [4.69, 9.17) is 14.2 Å². The molecule has 0 fully saturated rings. The Hall–Kier alpha value is -2.69. The van der Waals surface area contributed by atoms with Gasteiger partial charge >= 0.3 is 0 Å². The molecule has 0 radical (unpaired) electrons. The minimum absolute atomic E-state index is 0.200. The van der Waals surface area contributed by atoms with E-state index in [9.17, 15) is 4.79 Å². The number of fused-ring (bicyclic) bond motifs is 2. The molecule has 5 nitrogen and oxygen atoms in total. The normalized spacial score (nSPS) is 15.7. The molecule has 1 unspecified atom stereocenters. The molecule has 1 amide bonds. The van der Waals surface area contributed by atoms with Crippen LogP contribution in [0.2, 0.25) is 0 Å². The molecule has 24 heavy (non-hydrogen) atoms. The van der Waals surface area contributed by atoms with Crippen LogP contribution in [0.3, 0.4) is 0 Å². The Morgan fingerprint density at radius 2 is 1.92 bits per heavy atom. The number of carbonyl (C=O) groups is 1. The average molecular weight is 325 g/mol. The number of aryl methyl sites for hydroxylation is 2. The highest BCUT2D eigenvalue weighted by Gasteiger charge is 2.19. The molecule has 5 heteroatoms. The van der Waals surface area contributed by atoms with Crippen molar-refractivity contribution in [3.8, 4) is 17.2 Å². The third kappa shape index (κ3) is 2.89. The van der Waals surface area contributed by atoms with Crippen molar-refractivity contribution < 1.29 is 19.0 Å². The number of anilines is 1. The van der Waals surface area contributed by atoms with Gasteiger partial charge in [0.05, 0.1) is 0 Å². The van der Waals surface area contributed by atoms with Crippen molar-refractivity contribution in [3.63, 3.8) is 0 Å². The first-order valence-corrected chi connectivity index (χ1v) is 8.18. The van der Waals surface area contributed by atoms with Crippen molar-refractivity contribution >= 4 is 11.6 Å². The molecule has 0 spiro atoms. The van der Waals surface area contributed by atoms with Crippen molar-refractivity contribution in [1.29, 1.82) is 0 Å². The first kappa shape index (κ1) is 14.9. The standard InChI is InChI=1S/C19H19NO4/c1-12(24-16-7-5-13-3-2-4-14(13)9-16)19(21)20-15-6-8-17-18(10-15)23-11-22-17/h5-10,12H,2-4,11H2,1H3,(H,20,21). The molecule has 0 saturated heterocycles. The van der Waals surface area contributed by atoms with E-state index in [-0.39, 0.29) is 12.7 Å². The molecular weight excluding hydrogens is 306 g/mol. The highest BCUT2D eigenvalue weighted by atomic mass is 16.7. The zero-order valence-electron chi connectivity index (χ0n) is 13.5. The molecule has 1 heterocycles. The average Bonchev–Trinajstić information content (AvgIpc) is 3.22. The zero-order valence-corrected chi connectivity index (χ0v) is 13.5. The highest BCUT2D eigenvalue weighted by molar-refractivity contribution is 5.94. The third-order valence-corrected chi connectivity index (χ3v) is 4.39. The maximum absolute atomic E-state index is 12.3. The van der Waals surface area contributed by atoms with Crippen molar-refractivity contribution in [2.45, 2.75) is 32.3 Å². The maximum atomic E-state index is 12.3. The van der Waals surface area contributed by atoms with Gasteiger partial charge < -0.3 is 19.5 Å². The molecule has 2 aliphatic rings. The number of hydrogen-bond donors (Lipinski definition) is 1. The van der Waals surface area contributed by atoms with E-state index in [0.29, 0.717) is 17.2 Å². The molecular formula is C19H19NO4. The first-order chi connectivity index (χ1) is 11.7. The summed E-state index contributed by atoms with van der Waals surface area (Å²) in [5.74, 6) is 1.87. The molecule has 4 rings (SSSR count). The van der Waals surface area contributed by atoms with Crippen LogP contribution in [0.4, 0.5) is 5.69 Å². The lowest BCUT2D eigenvalue weighted by Crippen LogP contribution is -2.30. The fourth-order valence-electron chi connectivity index (χ4n) is 3.10. The summed E-state index contributed by atoms with van der Waals surface area (Å²) in [5.41, 5.74) is 3.38. The van der Waals surface area contributed by atoms with Crippen LogP contribution in [0, 0.1) is 0 Å². The van der Waals surface area contributed by atoms with Crippen LogP contribution < -0.4 is 19.5 Å². The van der Waals surface area contributed by atoms with Gasteiger partial charge in [-0.2, -0.15) is 0 Å². The van der Waals surface area contributed by atoms with Crippen LogP contribution in [0.15, 0.2) is 36.4 Å². The van der Waals surface area contributed by atoms with Gasteiger partial charge in [-0.3, -0.25) is 4.79 Å². The summed E-state index contributed by atoms with van der Waals surface area (Å²) in [6.45, 7) is 1.96. The van der Waals surface area contributed by atoms with Gasteiger partial charge in [0.2, 0.25) is 6.79 Å². The van der Waals surface area contributed by atoms with Gasteiger partial charge in [-0.15, -0.1) is 0 Å². The van der Waals surface area contributed by atoms with Crippen LogP contribution in [0.5, 0.6) is 17.2 Å². The molecule has 0 saturated carbocycles. The smallest absolute Gasteiger partial charge is 0.265 e. The van der Waals surface area contributed by atoms with Crippen LogP contribution in [0.1, 0.15) is 24.5 Å². The second-order valence-electron chi connectivity index (χ2n) is 6.10. The lowest BCUT2D eigenvalue weighted by atomic mass is 10.1. The van der Waals surface area contributed by atoms with Crippen molar-refractivity contribution in [3.05, 3.63) is 47.5 Å². The van der Waals surface area contributed by atoms with Gasteiger partial charge in [0.25, 0.3) is 5.91 Å². The molecule has 0 aromatic heterocycles. The van der Waals surface area contributed by atoms with Crippen LogP contribution in [-0.2, 0) is 17.6 Å². The Bertz CT molecular complexity index is 787. The molecule has 1 N–H and O–H groups in total. The lowest BCUT2D eigenvalue weighted by Gasteiger charge is -2.15. The Kier molecular flexibility index (Phi) is 3.76. The van der Waals surface area contributed by atoms with E-state index >= 15 is 0 Å². The monoisotopic (exact) mass is 325 g/mol. The minimum Gasteiger partial charge on any atom is -0.481 e. The highest BCUT2D eigenvalue weighted by Crippen LogP contribution is 2.34. The molecule has 2 aromatic rings. The van der Waals surface area contributed by atoms with E-state index < -0.39 is 6.10 Å². The van der Waals surface area contributed by atoms with E-state index in [0.717, 1.165) is 18.6 Å². The third-order valence-electron chi connectivity index (χ3n) is 4.39. The summed E-state index contributed by atoms with van der Waals surface area (Å²) in [5, 5.41) is 2.84. The molecule has 1 aliphatic carbocycles. The first-order valence-electron chi connectivity index (χ1n) is 8.18. The zero-order chi connectivity index (χ0) is 16.5. The fourth-order valence-corrected chi connectivity index (χ4v) is 3.10. The predicted molar refractivity (Wildman–Crippen MR) is 89.8 cm³/mol. The molecule has 0 bridgehead atoms. The van der Waals surface area contributed by atoms with Gasteiger partial charge in [-0.05, 0) is 61.6 Å². The van der Waals surface area contributed by atoms with Crippen molar-refractivity contribution in [2.75, 3.05) is 12.1 Å². The topological polar surface area (TPSA) is 56.8 Å². The van der Waals surface area contributed by atoms with Crippen molar-refractivity contribution in [1.82, 2.24) is 0 Å². The number of carbonyl (C=O) groups excluding carboxylic acids is 1. The number of nitrogens with one attached hydrogen (secondary N) is 1. The fraction of sp³-hybridized carbons (Fsp3) is 0.316. The Morgan fingerprint density at radius 3 is 2.83 bits per heavy atom. The summed E-state index contributed by atoms with van der Waals surface area (Å²) in [6.07, 6.45) is 2.83. The largest absolute Gasteiger partial charge is 0.481 e. The van der Waals surface area contributed by atoms with E-state index in [1.54, 1.807) is 25.1 Å². The number of amides is 1. The van der Waals surface area contributed by atoms with Crippen LogP contribution in [-0.4, -0.2) is 18.8 Å².